The van der Waals surface area contributed by atoms with Crippen LogP contribution in [0.5, 0.6) is 0 Å². The van der Waals surface area contributed by atoms with E-state index in [1.165, 1.54) is 0 Å². The first kappa shape index (κ1) is 11.6. The third-order valence-corrected chi connectivity index (χ3v) is 2.60. The van der Waals surface area contributed by atoms with E-state index < -0.39 is 0 Å². The van der Waals surface area contributed by atoms with Crippen LogP contribution < -0.4 is 5.32 Å². The van der Waals surface area contributed by atoms with Crippen LogP contribution in [0, 0.1) is 0 Å². The molecule has 1 N–H and O–H groups in total. The van der Waals surface area contributed by atoms with Crippen LogP contribution in [-0.4, -0.2) is 6.54 Å². The summed E-state index contributed by atoms with van der Waals surface area (Å²) >= 11 is 11.5. The Balaban J connectivity index is 2.43. The molecule has 1 rings (SSSR count). The molecule has 0 aliphatic rings. The lowest BCUT2D eigenvalue weighted by atomic mass is 10.2. The molecular weight excluding hydrogens is 217 g/mol. The van der Waals surface area contributed by atoms with Crippen molar-refractivity contribution in [2.75, 3.05) is 6.54 Å². The Morgan fingerprint density at radius 2 is 2.14 bits per heavy atom. The van der Waals surface area contributed by atoms with Crippen molar-refractivity contribution in [3.05, 3.63) is 46.0 Å². The maximum Gasteiger partial charge on any atom is 0.0450 e. The summed E-state index contributed by atoms with van der Waals surface area (Å²) in [5.74, 6) is 0. The molecule has 0 amide bonds. The SMILES string of the molecule is C/C(=C/Cl)CNCc1ccccc1Cl. The van der Waals surface area contributed by atoms with Crippen LogP contribution in [0.25, 0.3) is 0 Å². The second-order valence-corrected chi connectivity index (χ2v) is 3.78. The van der Waals surface area contributed by atoms with E-state index in [0.717, 1.165) is 29.2 Å². The van der Waals surface area contributed by atoms with Gasteiger partial charge in [0.25, 0.3) is 0 Å². The fraction of sp³-hybridized carbons (Fsp3) is 0.273. The van der Waals surface area contributed by atoms with E-state index in [0.29, 0.717) is 0 Å². The Kier molecular flexibility index (Phi) is 5.02. The number of hydrogen-bond donors (Lipinski definition) is 1. The molecule has 0 fully saturated rings. The third-order valence-electron chi connectivity index (χ3n) is 1.86. The van der Waals surface area contributed by atoms with Gasteiger partial charge in [-0.25, -0.2) is 0 Å². The molecule has 0 aliphatic heterocycles. The van der Waals surface area contributed by atoms with E-state index in [-0.39, 0.29) is 0 Å². The maximum atomic E-state index is 5.99. The molecule has 1 aromatic carbocycles. The largest absolute Gasteiger partial charge is 0.309 e. The summed E-state index contributed by atoms with van der Waals surface area (Å²) in [4.78, 5) is 0. The topological polar surface area (TPSA) is 12.0 Å². The van der Waals surface area contributed by atoms with Gasteiger partial charge in [0.1, 0.15) is 0 Å². The molecule has 0 unspecified atom stereocenters. The van der Waals surface area contributed by atoms with Crippen molar-refractivity contribution in [1.82, 2.24) is 5.32 Å². The van der Waals surface area contributed by atoms with E-state index in [9.17, 15) is 0 Å². The zero-order valence-electron chi connectivity index (χ0n) is 8.06. The zero-order valence-corrected chi connectivity index (χ0v) is 9.57. The molecule has 0 heterocycles. The fourth-order valence-electron chi connectivity index (χ4n) is 1.07. The van der Waals surface area contributed by atoms with Gasteiger partial charge < -0.3 is 5.32 Å². The Labute approximate surface area is 94.7 Å². The van der Waals surface area contributed by atoms with Crippen molar-refractivity contribution >= 4 is 23.2 Å². The molecule has 0 radical (unpaired) electrons. The highest BCUT2D eigenvalue weighted by molar-refractivity contribution is 6.31. The molecule has 1 aromatic rings. The van der Waals surface area contributed by atoms with Crippen LogP contribution >= 0.6 is 23.2 Å². The van der Waals surface area contributed by atoms with Crippen LogP contribution in [0.3, 0.4) is 0 Å². The summed E-state index contributed by atoms with van der Waals surface area (Å²) in [6.45, 7) is 3.53. The van der Waals surface area contributed by atoms with Gasteiger partial charge in [-0.05, 0) is 24.1 Å². The van der Waals surface area contributed by atoms with Gasteiger partial charge in [0.2, 0.25) is 0 Å². The summed E-state index contributed by atoms with van der Waals surface area (Å²) in [6, 6.07) is 7.81. The van der Waals surface area contributed by atoms with Gasteiger partial charge in [-0.15, -0.1) is 0 Å². The third kappa shape index (κ3) is 3.70. The van der Waals surface area contributed by atoms with Crippen molar-refractivity contribution in [2.24, 2.45) is 0 Å². The summed E-state index contributed by atoms with van der Waals surface area (Å²) < 4.78 is 0. The molecule has 1 nitrogen and oxygen atoms in total. The van der Waals surface area contributed by atoms with Gasteiger partial charge in [0, 0.05) is 23.6 Å². The van der Waals surface area contributed by atoms with Crippen molar-refractivity contribution in [3.8, 4) is 0 Å². The lowest BCUT2D eigenvalue weighted by molar-refractivity contribution is 0.740. The molecule has 0 saturated heterocycles. The second kappa shape index (κ2) is 6.07. The molecule has 0 bridgehead atoms. The highest BCUT2D eigenvalue weighted by Gasteiger charge is 1.97. The average Bonchev–Trinajstić information content (AvgIpc) is 2.20. The van der Waals surface area contributed by atoms with Crippen molar-refractivity contribution < 1.29 is 0 Å². The number of halogens is 2. The van der Waals surface area contributed by atoms with Gasteiger partial charge in [-0.3, -0.25) is 0 Å². The highest BCUT2D eigenvalue weighted by Crippen LogP contribution is 2.14. The van der Waals surface area contributed by atoms with Gasteiger partial charge in [-0.2, -0.15) is 0 Å². The molecule has 0 spiro atoms. The summed E-state index contributed by atoms with van der Waals surface area (Å²) in [6.07, 6.45) is 0. The average molecular weight is 230 g/mol. The Morgan fingerprint density at radius 1 is 1.43 bits per heavy atom. The molecule has 3 heteroatoms. The standard InChI is InChI=1S/C11H13Cl2N/c1-9(6-12)7-14-8-10-4-2-3-5-11(10)13/h2-6,14H,7-8H2,1H3/b9-6-. The minimum atomic E-state index is 0.766. The number of hydrogen-bond acceptors (Lipinski definition) is 1. The fourth-order valence-corrected chi connectivity index (χ4v) is 1.35. The Bertz CT molecular complexity index is 321. The predicted octanol–water partition coefficient (Wildman–Crippen LogP) is 3.57. The second-order valence-electron chi connectivity index (χ2n) is 3.15. The van der Waals surface area contributed by atoms with Crippen molar-refractivity contribution in [1.29, 1.82) is 0 Å². The van der Waals surface area contributed by atoms with E-state index >= 15 is 0 Å². The van der Waals surface area contributed by atoms with E-state index in [1.807, 2.05) is 31.2 Å². The molecular formula is C11H13Cl2N. The molecule has 0 saturated carbocycles. The lowest BCUT2D eigenvalue weighted by Crippen LogP contribution is -2.15. The van der Waals surface area contributed by atoms with Crippen molar-refractivity contribution in [2.45, 2.75) is 13.5 Å². The normalized spacial score (nSPS) is 11.8. The van der Waals surface area contributed by atoms with E-state index in [4.69, 9.17) is 23.2 Å². The van der Waals surface area contributed by atoms with Crippen LogP contribution in [0.15, 0.2) is 35.4 Å². The van der Waals surface area contributed by atoms with Crippen LogP contribution in [0.1, 0.15) is 12.5 Å². The lowest BCUT2D eigenvalue weighted by Gasteiger charge is -2.05. The highest BCUT2D eigenvalue weighted by atomic mass is 35.5. The van der Waals surface area contributed by atoms with E-state index in [1.54, 1.807) is 5.54 Å². The maximum absolute atomic E-state index is 5.99. The monoisotopic (exact) mass is 229 g/mol. The smallest absolute Gasteiger partial charge is 0.0450 e. The first-order valence-corrected chi connectivity index (χ1v) is 5.25. The first-order valence-electron chi connectivity index (χ1n) is 4.44. The molecule has 14 heavy (non-hydrogen) atoms. The van der Waals surface area contributed by atoms with Gasteiger partial charge in [-0.1, -0.05) is 41.4 Å². The van der Waals surface area contributed by atoms with Crippen LogP contribution in [-0.2, 0) is 6.54 Å². The van der Waals surface area contributed by atoms with Gasteiger partial charge in [0.15, 0.2) is 0 Å². The number of benzene rings is 1. The van der Waals surface area contributed by atoms with Crippen LogP contribution in [0.4, 0.5) is 0 Å². The van der Waals surface area contributed by atoms with Crippen LogP contribution in [0.2, 0.25) is 5.02 Å². The minimum Gasteiger partial charge on any atom is -0.309 e. The first-order chi connectivity index (χ1) is 6.74. The van der Waals surface area contributed by atoms with Crippen molar-refractivity contribution in [3.63, 3.8) is 0 Å². The molecule has 0 aromatic heterocycles. The van der Waals surface area contributed by atoms with Gasteiger partial charge >= 0.3 is 0 Å². The summed E-state index contributed by atoms with van der Waals surface area (Å²) in [7, 11) is 0. The molecule has 76 valence electrons. The molecule has 0 aliphatic carbocycles. The predicted molar refractivity (Wildman–Crippen MR) is 62.8 cm³/mol. The Hall–Kier alpha value is -0.500. The summed E-state index contributed by atoms with van der Waals surface area (Å²) in [5, 5.41) is 4.05. The minimum absolute atomic E-state index is 0.766. The van der Waals surface area contributed by atoms with Gasteiger partial charge in [0.05, 0.1) is 0 Å². The number of rotatable bonds is 4. The molecule has 0 atom stereocenters. The zero-order chi connectivity index (χ0) is 10.4. The quantitative estimate of drug-likeness (QED) is 0.833. The number of nitrogens with one attached hydrogen (secondary N) is 1. The summed E-state index contributed by atoms with van der Waals surface area (Å²) in [5.41, 5.74) is 3.80. The van der Waals surface area contributed by atoms with E-state index in [2.05, 4.69) is 5.32 Å². The Morgan fingerprint density at radius 3 is 2.79 bits per heavy atom.